The van der Waals surface area contributed by atoms with Crippen LogP contribution >= 0.6 is 0 Å². The van der Waals surface area contributed by atoms with Crippen LogP contribution in [0, 0.1) is 0 Å². The van der Waals surface area contributed by atoms with Gasteiger partial charge in [-0.3, -0.25) is 9.48 Å². The average molecular weight is 367 g/mol. The molecule has 1 aliphatic carbocycles. The molecule has 1 saturated heterocycles. The van der Waals surface area contributed by atoms with Gasteiger partial charge in [0.2, 0.25) is 0 Å². The summed E-state index contributed by atoms with van der Waals surface area (Å²) in [5, 5.41) is 7.47. The Morgan fingerprint density at radius 1 is 1.22 bits per heavy atom. The SMILES string of the molecule is CCC(C)n1ncc(C(=O)Nc2ccc(N3CCCCC3)cn2)c1C1CC1. The smallest absolute Gasteiger partial charge is 0.260 e. The Labute approximate surface area is 161 Å². The lowest BCUT2D eigenvalue weighted by Crippen LogP contribution is -2.29. The molecular formula is C21H29N5O. The Balaban J connectivity index is 1.48. The molecule has 1 N–H and O–H groups in total. The standard InChI is InChI=1S/C21H29N5O/c1-3-15(2)26-20(16-7-8-16)18(14-23-26)21(27)24-19-10-9-17(13-22-19)25-11-5-4-6-12-25/h9-10,13-16H,3-8,11-12H2,1-2H3,(H,22,24,27). The van der Waals surface area contributed by atoms with Crippen LogP contribution in [0.15, 0.2) is 24.5 Å². The molecule has 1 saturated carbocycles. The van der Waals surface area contributed by atoms with Gasteiger partial charge < -0.3 is 10.2 Å². The summed E-state index contributed by atoms with van der Waals surface area (Å²) in [5.41, 5.74) is 2.92. The summed E-state index contributed by atoms with van der Waals surface area (Å²) in [6.45, 7) is 6.48. The highest BCUT2D eigenvalue weighted by atomic mass is 16.1. The summed E-state index contributed by atoms with van der Waals surface area (Å²) in [5.74, 6) is 0.958. The van der Waals surface area contributed by atoms with Crippen molar-refractivity contribution in [1.29, 1.82) is 0 Å². The van der Waals surface area contributed by atoms with E-state index in [1.54, 1.807) is 6.20 Å². The third-order valence-corrected chi connectivity index (χ3v) is 5.76. The van der Waals surface area contributed by atoms with Crippen LogP contribution in [-0.4, -0.2) is 33.8 Å². The van der Waals surface area contributed by atoms with Crippen molar-refractivity contribution < 1.29 is 4.79 Å². The third-order valence-electron chi connectivity index (χ3n) is 5.76. The quantitative estimate of drug-likeness (QED) is 0.823. The molecule has 2 fully saturated rings. The van der Waals surface area contributed by atoms with Crippen LogP contribution < -0.4 is 10.2 Å². The van der Waals surface area contributed by atoms with Crippen LogP contribution in [0.4, 0.5) is 11.5 Å². The van der Waals surface area contributed by atoms with Gasteiger partial charge in [0, 0.05) is 25.0 Å². The molecule has 1 atom stereocenters. The molecule has 2 aliphatic rings. The lowest BCUT2D eigenvalue weighted by molar-refractivity contribution is 0.102. The topological polar surface area (TPSA) is 63.1 Å². The van der Waals surface area contributed by atoms with Crippen LogP contribution in [0.25, 0.3) is 0 Å². The van der Waals surface area contributed by atoms with Crippen molar-refractivity contribution in [3.8, 4) is 0 Å². The zero-order valence-electron chi connectivity index (χ0n) is 16.3. The van der Waals surface area contributed by atoms with Crippen LogP contribution in [0.2, 0.25) is 0 Å². The minimum atomic E-state index is -0.107. The zero-order valence-corrected chi connectivity index (χ0v) is 16.3. The molecule has 1 unspecified atom stereocenters. The van der Waals surface area contributed by atoms with Crippen molar-refractivity contribution in [2.45, 2.75) is 64.3 Å². The number of carbonyl (C=O) groups is 1. The maximum Gasteiger partial charge on any atom is 0.260 e. The monoisotopic (exact) mass is 367 g/mol. The molecule has 3 heterocycles. The summed E-state index contributed by atoms with van der Waals surface area (Å²) in [4.78, 5) is 19.7. The largest absolute Gasteiger partial charge is 0.370 e. The molecule has 0 bridgehead atoms. The number of piperidine rings is 1. The van der Waals surface area contributed by atoms with E-state index in [-0.39, 0.29) is 5.91 Å². The molecule has 0 spiro atoms. The van der Waals surface area contributed by atoms with E-state index in [0.29, 0.717) is 23.3 Å². The number of hydrogen-bond donors (Lipinski definition) is 1. The van der Waals surface area contributed by atoms with Gasteiger partial charge in [-0.15, -0.1) is 0 Å². The lowest BCUT2D eigenvalue weighted by Gasteiger charge is -2.28. The average Bonchev–Trinajstić information content (AvgIpc) is 3.46. The fourth-order valence-corrected chi connectivity index (χ4v) is 3.82. The molecule has 2 aromatic rings. The van der Waals surface area contributed by atoms with Gasteiger partial charge in [0.25, 0.3) is 5.91 Å². The highest BCUT2D eigenvalue weighted by Gasteiger charge is 2.33. The Bertz CT molecular complexity index is 787. The molecule has 6 heteroatoms. The van der Waals surface area contributed by atoms with Crippen LogP contribution in [0.1, 0.15) is 80.4 Å². The highest BCUT2D eigenvalue weighted by molar-refractivity contribution is 6.04. The number of carbonyl (C=O) groups excluding carboxylic acids is 1. The molecule has 1 aliphatic heterocycles. The van der Waals surface area contributed by atoms with Gasteiger partial charge in [-0.1, -0.05) is 6.92 Å². The number of pyridine rings is 1. The molecule has 2 aromatic heterocycles. The van der Waals surface area contributed by atoms with Crippen molar-refractivity contribution in [3.63, 3.8) is 0 Å². The summed E-state index contributed by atoms with van der Waals surface area (Å²) >= 11 is 0. The van der Waals surface area contributed by atoms with E-state index >= 15 is 0 Å². The van der Waals surface area contributed by atoms with Crippen molar-refractivity contribution in [3.05, 3.63) is 35.8 Å². The zero-order chi connectivity index (χ0) is 18.8. The van der Waals surface area contributed by atoms with Crippen molar-refractivity contribution in [1.82, 2.24) is 14.8 Å². The first kappa shape index (κ1) is 18.0. The Morgan fingerprint density at radius 3 is 2.63 bits per heavy atom. The number of rotatable bonds is 6. The normalized spacial score (nSPS) is 18.4. The van der Waals surface area contributed by atoms with Crippen molar-refractivity contribution in [2.24, 2.45) is 0 Å². The first-order valence-corrected chi connectivity index (χ1v) is 10.3. The third kappa shape index (κ3) is 3.84. The minimum Gasteiger partial charge on any atom is -0.370 e. The summed E-state index contributed by atoms with van der Waals surface area (Å²) in [6, 6.07) is 4.26. The van der Waals surface area contributed by atoms with E-state index in [9.17, 15) is 4.79 Å². The fourth-order valence-electron chi connectivity index (χ4n) is 3.82. The first-order valence-electron chi connectivity index (χ1n) is 10.3. The summed E-state index contributed by atoms with van der Waals surface area (Å²) in [7, 11) is 0. The summed E-state index contributed by atoms with van der Waals surface area (Å²) in [6.07, 6.45) is 10.7. The number of amides is 1. The van der Waals surface area contributed by atoms with Crippen LogP contribution in [0.3, 0.4) is 0 Å². The van der Waals surface area contributed by atoms with Crippen molar-refractivity contribution in [2.75, 3.05) is 23.3 Å². The number of nitrogens with one attached hydrogen (secondary N) is 1. The Morgan fingerprint density at radius 2 is 2.00 bits per heavy atom. The second kappa shape index (κ2) is 7.71. The predicted molar refractivity (Wildman–Crippen MR) is 107 cm³/mol. The fraction of sp³-hybridized carbons (Fsp3) is 0.571. The molecule has 6 nitrogen and oxygen atoms in total. The number of aromatic nitrogens is 3. The van der Waals surface area contributed by atoms with Crippen molar-refractivity contribution >= 4 is 17.4 Å². The highest BCUT2D eigenvalue weighted by Crippen LogP contribution is 2.42. The maximum absolute atomic E-state index is 12.9. The number of nitrogens with zero attached hydrogens (tertiary/aromatic N) is 4. The molecule has 0 aromatic carbocycles. The second-order valence-electron chi connectivity index (χ2n) is 7.82. The van der Waals surface area contributed by atoms with Crippen LogP contribution in [-0.2, 0) is 0 Å². The Hall–Kier alpha value is -2.37. The maximum atomic E-state index is 12.9. The van der Waals surface area contributed by atoms with E-state index in [1.165, 1.54) is 19.3 Å². The first-order chi connectivity index (χ1) is 13.2. The molecule has 1 amide bonds. The number of anilines is 2. The van der Waals surface area contributed by atoms with E-state index < -0.39 is 0 Å². The van der Waals surface area contributed by atoms with E-state index in [1.807, 2.05) is 16.9 Å². The van der Waals surface area contributed by atoms with Gasteiger partial charge >= 0.3 is 0 Å². The van der Waals surface area contributed by atoms with Gasteiger partial charge in [0.05, 0.1) is 29.3 Å². The molecule has 4 rings (SSSR count). The predicted octanol–water partition coefficient (Wildman–Crippen LogP) is 4.37. The van der Waals surface area contributed by atoms with Gasteiger partial charge in [-0.05, 0) is 57.6 Å². The van der Waals surface area contributed by atoms with Crippen LogP contribution in [0.5, 0.6) is 0 Å². The van der Waals surface area contributed by atoms with Gasteiger partial charge in [0.15, 0.2) is 0 Å². The van der Waals surface area contributed by atoms with E-state index in [4.69, 9.17) is 0 Å². The lowest BCUT2D eigenvalue weighted by atomic mass is 10.1. The molecule has 144 valence electrons. The van der Waals surface area contributed by atoms with E-state index in [0.717, 1.165) is 43.7 Å². The van der Waals surface area contributed by atoms with E-state index in [2.05, 4.69) is 40.2 Å². The number of hydrogen-bond acceptors (Lipinski definition) is 4. The van der Waals surface area contributed by atoms with Gasteiger partial charge in [0.1, 0.15) is 5.82 Å². The molecule has 0 radical (unpaired) electrons. The Kier molecular flexibility index (Phi) is 5.14. The van der Waals surface area contributed by atoms with Gasteiger partial charge in [-0.25, -0.2) is 4.98 Å². The molecular weight excluding hydrogens is 338 g/mol. The summed E-state index contributed by atoms with van der Waals surface area (Å²) < 4.78 is 2.04. The van der Waals surface area contributed by atoms with Gasteiger partial charge in [-0.2, -0.15) is 5.10 Å². The molecule has 27 heavy (non-hydrogen) atoms. The minimum absolute atomic E-state index is 0.107. The second-order valence-corrected chi connectivity index (χ2v) is 7.82.